The summed E-state index contributed by atoms with van der Waals surface area (Å²) in [6, 6.07) is 0.642. The lowest BCUT2D eigenvalue weighted by atomic mass is 10.2. The summed E-state index contributed by atoms with van der Waals surface area (Å²) in [5, 5.41) is 4.17. The van der Waals surface area contributed by atoms with Crippen LogP contribution in [0, 0.1) is 0 Å². The minimum atomic E-state index is 0.642. The topological polar surface area (TPSA) is 24.3 Å². The van der Waals surface area contributed by atoms with E-state index in [1.54, 1.807) is 0 Å². The van der Waals surface area contributed by atoms with Gasteiger partial charge in [0.05, 0.1) is 11.1 Å². The molecule has 1 aliphatic heterocycles. The third-order valence-corrected chi connectivity index (χ3v) is 3.85. The second kappa shape index (κ2) is 7.03. The molecule has 0 aromatic carbocycles. The Morgan fingerprint density at radius 2 is 2.00 bits per heavy atom. The van der Waals surface area contributed by atoms with Crippen LogP contribution in [0.1, 0.15) is 20.8 Å². The van der Waals surface area contributed by atoms with E-state index < -0.39 is 0 Å². The van der Waals surface area contributed by atoms with E-state index in [0.717, 1.165) is 19.6 Å². The van der Waals surface area contributed by atoms with Gasteiger partial charge in [-0.3, -0.25) is 4.68 Å². The molecule has 0 N–H and O–H groups in total. The summed E-state index contributed by atoms with van der Waals surface area (Å²) >= 11 is 1.81. The largest absolute Gasteiger partial charge is 0.301 e. The molecule has 0 saturated carbocycles. The van der Waals surface area contributed by atoms with Crippen LogP contribution in [0.4, 0.5) is 0 Å². The van der Waals surface area contributed by atoms with Crippen LogP contribution in [0.3, 0.4) is 0 Å². The third kappa shape index (κ3) is 4.33. The SMILES string of the molecule is CC.CC1CN(Sc2cnn(C)c2)CCN1C. The Morgan fingerprint density at radius 3 is 2.53 bits per heavy atom. The van der Waals surface area contributed by atoms with E-state index in [2.05, 4.69) is 34.5 Å². The standard InChI is InChI=1S/C10H18N4S.C2H6/c1-9-7-14(5-4-12(9)2)15-10-6-11-13(3)8-10;1-2/h6,8-9H,4-5,7H2,1-3H3;1-2H3. The fraction of sp³-hybridized carbons (Fsp3) is 0.750. The van der Waals surface area contributed by atoms with Crippen LogP contribution in [0.25, 0.3) is 0 Å². The molecule has 0 radical (unpaired) electrons. The van der Waals surface area contributed by atoms with E-state index in [1.807, 2.05) is 43.7 Å². The van der Waals surface area contributed by atoms with Gasteiger partial charge in [-0.2, -0.15) is 5.10 Å². The van der Waals surface area contributed by atoms with Crippen molar-refractivity contribution >= 4 is 11.9 Å². The lowest BCUT2D eigenvalue weighted by Gasteiger charge is -2.36. The summed E-state index contributed by atoms with van der Waals surface area (Å²) in [6.45, 7) is 9.67. The molecule has 98 valence electrons. The van der Waals surface area contributed by atoms with E-state index in [-0.39, 0.29) is 0 Å². The minimum absolute atomic E-state index is 0.642. The molecule has 0 bridgehead atoms. The molecule has 5 heteroatoms. The van der Waals surface area contributed by atoms with Crippen LogP contribution < -0.4 is 0 Å². The Morgan fingerprint density at radius 1 is 1.29 bits per heavy atom. The minimum Gasteiger partial charge on any atom is -0.301 e. The number of nitrogens with zero attached hydrogens (tertiary/aromatic N) is 4. The van der Waals surface area contributed by atoms with Gasteiger partial charge in [0.2, 0.25) is 0 Å². The Balaban J connectivity index is 0.000000686. The monoisotopic (exact) mass is 256 g/mol. The molecular weight excluding hydrogens is 232 g/mol. The Bertz CT molecular complexity index is 326. The van der Waals surface area contributed by atoms with Gasteiger partial charge in [0.15, 0.2) is 0 Å². The van der Waals surface area contributed by atoms with Crippen molar-refractivity contribution in [2.75, 3.05) is 26.7 Å². The van der Waals surface area contributed by atoms with Gasteiger partial charge in [0, 0.05) is 38.9 Å². The maximum absolute atomic E-state index is 4.17. The van der Waals surface area contributed by atoms with Crippen molar-refractivity contribution in [2.45, 2.75) is 31.7 Å². The zero-order chi connectivity index (χ0) is 12.8. The smallest absolute Gasteiger partial charge is 0.0639 e. The second-order valence-electron chi connectivity index (χ2n) is 4.16. The molecule has 1 atom stereocenters. The first-order chi connectivity index (χ1) is 8.15. The lowest BCUT2D eigenvalue weighted by Crippen LogP contribution is -2.47. The van der Waals surface area contributed by atoms with Crippen LogP contribution in [0.2, 0.25) is 0 Å². The summed E-state index contributed by atoms with van der Waals surface area (Å²) in [6.07, 6.45) is 3.99. The van der Waals surface area contributed by atoms with Gasteiger partial charge in [-0.25, -0.2) is 4.31 Å². The van der Waals surface area contributed by atoms with Gasteiger partial charge in [-0.15, -0.1) is 0 Å². The molecule has 4 nitrogen and oxygen atoms in total. The number of hydrogen-bond acceptors (Lipinski definition) is 4. The van der Waals surface area contributed by atoms with Crippen LogP contribution in [0.15, 0.2) is 17.3 Å². The number of piperazine rings is 1. The van der Waals surface area contributed by atoms with Crippen molar-refractivity contribution < 1.29 is 0 Å². The van der Waals surface area contributed by atoms with Crippen LogP contribution in [-0.2, 0) is 7.05 Å². The quantitative estimate of drug-likeness (QED) is 0.756. The zero-order valence-corrected chi connectivity index (χ0v) is 12.4. The molecule has 1 fully saturated rings. The first kappa shape index (κ1) is 14.5. The highest BCUT2D eigenvalue weighted by Crippen LogP contribution is 2.24. The Hall–Kier alpha value is -0.520. The second-order valence-corrected chi connectivity index (χ2v) is 5.33. The number of rotatable bonds is 2. The van der Waals surface area contributed by atoms with Crippen LogP contribution in [0.5, 0.6) is 0 Å². The van der Waals surface area contributed by atoms with E-state index in [4.69, 9.17) is 0 Å². The number of aromatic nitrogens is 2. The van der Waals surface area contributed by atoms with Crippen molar-refractivity contribution in [1.29, 1.82) is 0 Å². The van der Waals surface area contributed by atoms with E-state index in [9.17, 15) is 0 Å². The first-order valence-corrected chi connectivity index (χ1v) is 7.04. The maximum atomic E-state index is 4.17. The zero-order valence-electron chi connectivity index (χ0n) is 11.6. The summed E-state index contributed by atoms with van der Waals surface area (Å²) in [5.74, 6) is 0. The average Bonchev–Trinajstić information content (AvgIpc) is 2.72. The number of hydrogen-bond donors (Lipinski definition) is 0. The average molecular weight is 256 g/mol. The number of likely N-dealkylation sites (N-methyl/N-ethyl adjacent to an activating group) is 1. The summed E-state index contributed by atoms with van der Waals surface area (Å²) in [5.41, 5.74) is 0. The molecule has 1 unspecified atom stereocenters. The van der Waals surface area contributed by atoms with E-state index in [1.165, 1.54) is 4.90 Å². The molecule has 2 rings (SSSR count). The van der Waals surface area contributed by atoms with Crippen molar-refractivity contribution in [3.63, 3.8) is 0 Å². The predicted octanol–water partition coefficient (Wildman–Crippen LogP) is 2.09. The molecule has 1 aromatic heterocycles. The Kier molecular flexibility index (Phi) is 6.02. The molecule has 1 aliphatic rings. The molecule has 1 aromatic rings. The van der Waals surface area contributed by atoms with Gasteiger partial charge >= 0.3 is 0 Å². The number of aryl methyl sites for hydroxylation is 1. The third-order valence-electron chi connectivity index (χ3n) is 2.84. The predicted molar refractivity (Wildman–Crippen MR) is 74.1 cm³/mol. The fourth-order valence-electron chi connectivity index (χ4n) is 1.69. The van der Waals surface area contributed by atoms with E-state index in [0.29, 0.717) is 6.04 Å². The molecule has 0 amide bonds. The highest BCUT2D eigenvalue weighted by atomic mass is 32.2. The van der Waals surface area contributed by atoms with Crippen molar-refractivity contribution in [2.24, 2.45) is 7.05 Å². The molecule has 0 aliphatic carbocycles. The van der Waals surface area contributed by atoms with Crippen molar-refractivity contribution in [3.05, 3.63) is 12.4 Å². The molecule has 2 heterocycles. The van der Waals surface area contributed by atoms with Gasteiger partial charge in [-0.05, 0) is 25.9 Å². The van der Waals surface area contributed by atoms with Crippen LogP contribution >= 0.6 is 11.9 Å². The highest BCUT2D eigenvalue weighted by Gasteiger charge is 2.21. The Labute approximate surface area is 109 Å². The van der Waals surface area contributed by atoms with Gasteiger partial charge in [0.1, 0.15) is 0 Å². The van der Waals surface area contributed by atoms with Crippen LogP contribution in [-0.4, -0.2) is 51.7 Å². The summed E-state index contributed by atoms with van der Waals surface area (Å²) in [4.78, 5) is 3.63. The highest BCUT2D eigenvalue weighted by molar-refractivity contribution is 7.97. The van der Waals surface area contributed by atoms with E-state index >= 15 is 0 Å². The fourth-order valence-corrected chi connectivity index (χ4v) is 2.75. The molecular formula is C12H24N4S. The summed E-state index contributed by atoms with van der Waals surface area (Å²) in [7, 11) is 4.15. The molecule has 17 heavy (non-hydrogen) atoms. The van der Waals surface area contributed by atoms with Crippen molar-refractivity contribution in [3.8, 4) is 0 Å². The lowest BCUT2D eigenvalue weighted by molar-refractivity contribution is 0.167. The van der Waals surface area contributed by atoms with Gasteiger partial charge in [0.25, 0.3) is 0 Å². The normalized spacial score (nSPS) is 22.1. The first-order valence-electron chi connectivity index (χ1n) is 6.27. The molecule has 0 spiro atoms. The van der Waals surface area contributed by atoms with Crippen molar-refractivity contribution in [1.82, 2.24) is 19.0 Å². The molecule has 1 saturated heterocycles. The van der Waals surface area contributed by atoms with Gasteiger partial charge in [-0.1, -0.05) is 13.8 Å². The van der Waals surface area contributed by atoms with Gasteiger partial charge < -0.3 is 4.90 Å². The maximum Gasteiger partial charge on any atom is 0.0639 e. The summed E-state index contributed by atoms with van der Waals surface area (Å²) < 4.78 is 4.27.